The first-order valence-electron chi connectivity index (χ1n) is 11.9. The second-order valence-corrected chi connectivity index (χ2v) is 8.91. The maximum absolute atomic E-state index is 13.4. The lowest BCUT2D eigenvalue weighted by molar-refractivity contribution is -0.135. The number of rotatable bonds is 9. The number of ether oxygens (including phenoxy) is 4. The van der Waals surface area contributed by atoms with Gasteiger partial charge in [-0.3, -0.25) is 4.79 Å². The molecule has 33 heavy (non-hydrogen) atoms. The Morgan fingerprint density at radius 2 is 1.61 bits per heavy atom. The summed E-state index contributed by atoms with van der Waals surface area (Å²) in [5, 5.41) is 0. The van der Waals surface area contributed by atoms with Crippen LogP contribution in [-0.2, 0) is 11.2 Å². The van der Waals surface area contributed by atoms with Gasteiger partial charge in [0, 0.05) is 13.0 Å². The number of amides is 1. The highest BCUT2D eigenvalue weighted by atomic mass is 16.5. The molecule has 0 unspecified atom stereocenters. The Morgan fingerprint density at radius 3 is 2.30 bits per heavy atom. The fraction of sp³-hybridized carbons (Fsp3) is 0.519. The summed E-state index contributed by atoms with van der Waals surface area (Å²) in [6, 6.07) is 11.4. The smallest absolute Gasteiger partial charge is 0.223 e. The van der Waals surface area contributed by atoms with Gasteiger partial charge in [0.15, 0.2) is 23.0 Å². The highest BCUT2D eigenvalue weighted by Gasteiger charge is 2.33. The molecule has 0 bridgehead atoms. The molecular weight excluding hydrogens is 418 g/mol. The molecule has 2 aromatic rings. The van der Waals surface area contributed by atoms with Crippen LogP contribution in [0.25, 0.3) is 0 Å². The third-order valence-electron chi connectivity index (χ3n) is 7.03. The van der Waals surface area contributed by atoms with Crippen molar-refractivity contribution in [2.75, 3.05) is 34.5 Å². The number of carbonyl (C=O) groups is 1. The van der Waals surface area contributed by atoms with Crippen LogP contribution < -0.4 is 18.9 Å². The predicted molar refractivity (Wildman–Crippen MR) is 127 cm³/mol. The maximum atomic E-state index is 13.4. The molecular formula is C27H35NO5. The average Bonchev–Trinajstić information content (AvgIpc) is 3.38. The molecule has 2 aliphatic rings. The molecule has 0 saturated heterocycles. The summed E-state index contributed by atoms with van der Waals surface area (Å²) in [6.45, 7) is 1.02. The molecule has 4 rings (SSSR count). The number of methoxy groups -OCH3 is 3. The van der Waals surface area contributed by atoms with Crippen molar-refractivity contribution in [3.63, 3.8) is 0 Å². The van der Waals surface area contributed by atoms with Crippen molar-refractivity contribution in [2.24, 2.45) is 5.92 Å². The van der Waals surface area contributed by atoms with Gasteiger partial charge in [-0.15, -0.1) is 0 Å². The number of hydrogen-bond acceptors (Lipinski definition) is 5. The fourth-order valence-electron chi connectivity index (χ4n) is 5.18. The Morgan fingerprint density at radius 1 is 0.939 bits per heavy atom. The molecule has 6 nitrogen and oxygen atoms in total. The third kappa shape index (κ3) is 5.21. The lowest BCUT2D eigenvalue weighted by Gasteiger charge is -2.38. The van der Waals surface area contributed by atoms with Crippen LogP contribution in [0.2, 0.25) is 0 Å². The Balaban J connectivity index is 1.59. The number of para-hydroxylation sites is 2. The van der Waals surface area contributed by atoms with Crippen LogP contribution in [0.4, 0.5) is 0 Å². The van der Waals surface area contributed by atoms with Gasteiger partial charge in [0.25, 0.3) is 0 Å². The van der Waals surface area contributed by atoms with Crippen molar-refractivity contribution in [3.05, 3.63) is 47.5 Å². The highest BCUT2D eigenvalue weighted by molar-refractivity contribution is 5.77. The molecule has 1 fully saturated rings. The molecule has 6 heteroatoms. The van der Waals surface area contributed by atoms with Crippen molar-refractivity contribution in [2.45, 2.75) is 51.0 Å². The quantitative estimate of drug-likeness (QED) is 0.523. The molecule has 0 aromatic heterocycles. The van der Waals surface area contributed by atoms with Gasteiger partial charge in [-0.1, -0.05) is 37.8 Å². The van der Waals surface area contributed by atoms with E-state index in [2.05, 4.69) is 0 Å². The van der Waals surface area contributed by atoms with E-state index >= 15 is 0 Å². The molecule has 1 amide bonds. The standard InChI is InChI=1S/C27H35NO5/c1-30-23-10-6-7-11-24(23)33-18-22-21-17-26(32-3)25(31-2)16-20(21)14-15-28(22)27(29)13-12-19-8-4-5-9-19/h6-7,10-11,16-17,19,22H,4-5,8-9,12-15,18H2,1-3H3/t22-/m1/s1. The molecule has 1 aliphatic heterocycles. The van der Waals surface area contributed by atoms with Crippen LogP contribution in [0.3, 0.4) is 0 Å². The molecule has 1 aliphatic carbocycles. The molecule has 1 saturated carbocycles. The zero-order valence-electron chi connectivity index (χ0n) is 20.0. The summed E-state index contributed by atoms with van der Waals surface area (Å²) in [5.41, 5.74) is 2.23. The second-order valence-electron chi connectivity index (χ2n) is 8.91. The van der Waals surface area contributed by atoms with Gasteiger partial charge in [-0.05, 0) is 54.2 Å². The normalized spacial score (nSPS) is 18.0. The summed E-state index contributed by atoms with van der Waals surface area (Å²) in [6.07, 6.45) is 7.48. The summed E-state index contributed by atoms with van der Waals surface area (Å²) in [5.74, 6) is 3.63. The molecule has 0 N–H and O–H groups in total. The summed E-state index contributed by atoms with van der Waals surface area (Å²) < 4.78 is 22.8. The van der Waals surface area contributed by atoms with Crippen LogP contribution in [0.5, 0.6) is 23.0 Å². The van der Waals surface area contributed by atoms with Crippen molar-refractivity contribution < 1.29 is 23.7 Å². The number of hydrogen-bond donors (Lipinski definition) is 0. The third-order valence-corrected chi connectivity index (χ3v) is 7.03. The summed E-state index contributed by atoms with van der Waals surface area (Å²) >= 11 is 0. The van der Waals surface area contributed by atoms with E-state index in [0.717, 1.165) is 18.4 Å². The molecule has 0 radical (unpaired) electrons. The van der Waals surface area contributed by atoms with E-state index in [-0.39, 0.29) is 11.9 Å². The van der Waals surface area contributed by atoms with E-state index in [1.807, 2.05) is 41.3 Å². The zero-order chi connectivity index (χ0) is 23.2. The lowest BCUT2D eigenvalue weighted by Crippen LogP contribution is -2.42. The minimum Gasteiger partial charge on any atom is -0.493 e. The molecule has 1 atom stereocenters. The van der Waals surface area contributed by atoms with E-state index < -0.39 is 0 Å². The number of carbonyl (C=O) groups excluding carboxylic acids is 1. The van der Waals surface area contributed by atoms with Gasteiger partial charge in [0.2, 0.25) is 5.91 Å². The maximum Gasteiger partial charge on any atom is 0.223 e. The average molecular weight is 454 g/mol. The Bertz CT molecular complexity index is 954. The first kappa shape index (κ1) is 23.3. The van der Waals surface area contributed by atoms with Crippen molar-refractivity contribution >= 4 is 5.91 Å². The monoisotopic (exact) mass is 453 g/mol. The van der Waals surface area contributed by atoms with Crippen molar-refractivity contribution in [1.82, 2.24) is 4.90 Å². The second kappa shape index (κ2) is 10.8. The van der Waals surface area contributed by atoms with Crippen LogP contribution in [0.1, 0.15) is 55.7 Å². The fourth-order valence-corrected chi connectivity index (χ4v) is 5.18. The van der Waals surface area contributed by atoms with E-state index in [1.165, 1.54) is 31.2 Å². The first-order chi connectivity index (χ1) is 16.1. The number of fused-ring (bicyclic) bond motifs is 1. The van der Waals surface area contributed by atoms with E-state index in [4.69, 9.17) is 18.9 Å². The highest BCUT2D eigenvalue weighted by Crippen LogP contribution is 2.39. The van der Waals surface area contributed by atoms with E-state index in [1.54, 1.807) is 21.3 Å². The van der Waals surface area contributed by atoms with E-state index in [0.29, 0.717) is 48.5 Å². The van der Waals surface area contributed by atoms with Gasteiger partial charge >= 0.3 is 0 Å². The molecule has 0 spiro atoms. The zero-order valence-corrected chi connectivity index (χ0v) is 20.0. The van der Waals surface area contributed by atoms with Gasteiger partial charge in [0.1, 0.15) is 6.61 Å². The molecule has 178 valence electrons. The number of benzene rings is 2. The predicted octanol–water partition coefficient (Wildman–Crippen LogP) is 5.19. The Hall–Kier alpha value is -2.89. The van der Waals surface area contributed by atoms with E-state index in [9.17, 15) is 4.79 Å². The topological polar surface area (TPSA) is 57.2 Å². The van der Waals surface area contributed by atoms with Crippen LogP contribution in [0, 0.1) is 5.92 Å². The summed E-state index contributed by atoms with van der Waals surface area (Å²) in [7, 11) is 4.92. The van der Waals surface area contributed by atoms with Gasteiger partial charge in [-0.2, -0.15) is 0 Å². The van der Waals surface area contributed by atoms with Crippen molar-refractivity contribution in [3.8, 4) is 23.0 Å². The van der Waals surface area contributed by atoms with Crippen LogP contribution in [0.15, 0.2) is 36.4 Å². The summed E-state index contributed by atoms with van der Waals surface area (Å²) in [4.78, 5) is 15.4. The number of nitrogens with zero attached hydrogens (tertiary/aromatic N) is 1. The van der Waals surface area contributed by atoms with Crippen LogP contribution >= 0.6 is 0 Å². The van der Waals surface area contributed by atoms with Gasteiger partial charge < -0.3 is 23.8 Å². The Labute approximate surface area is 196 Å². The lowest BCUT2D eigenvalue weighted by atomic mass is 9.91. The molecule has 1 heterocycles. The van der Waals surface area contributed by atoms with Crippen molar-refractivity contribution in [1.29, 1.82) is 0 Å². The van der Waals surface area contributed by atoms with Gasteiger partial charge in [0.05, 0.1) is 27.4 Å². The SMILES string of the molecule is COc1cc2c(cc1OC)[C@@H](COc1ccccc1OC)N(C(=O)CCC1CCCC1)CC2. The molecule has 2 aromatic carbocycles. The largest absolute Gasteiger partial charge is 0.493 e. The van der Waals surface area contributed by atoms with Crippen LogP contribution in [-0.4, -0.2) is 45.3 Å². The minimum atomic E-state index is -0.199. The first-order valence-corrected chi connectivity index (χ1v) is 11.9. The minimum absolute atomic E-state index is 0.199. The van der Waals surface area contributed by atoms with Gasteiger partial charge in [-0.25, -0.2) is 0 Å². The Kier molecular flexibility index (Phi) is 7.63.